The minimum absolute atomic E-state index is 0.0817. The van der Waals surface area contributed by atoms with Crippen molar-refractivity contribution in [1.82, 2.24) is 20.5 Å². The Hall–Kier alpha value is -2.36. The number of aryl methyl sites for hydroxylation is 1. The van der Waals surface area contributed by atoms with Crippen LogP contribution in [0.1, 0.15) is 36.2 Å². The van der Waals surface area contributed by atoms with Gasteiger partial charge in [0.2, 0.25) is 5.82 Å². The van der Waals surface area contributed by atoms with Gasteiger partial charge in [-0.15, -0.1) is 17.4 Å². The Morgan fingerprint density at radius 2 is 2.33 bits per heavy atom. The lowest BCUT2D eigenvalue weighted by Crippen LogP contribution is -2.40. The van der Waals surface area contributed by atoms with Crippen LogP contribution < -0.4 is 5.32 Å². The Bertz CT molecular complexity index is 475. The van der Waals surface area contributed by atoms with Gasteiger partial charge in [-0.25, -0.2) is 9.78 Å². The summed E-state index contributed by atoms with van der Waals surface area (Å²) in [7, 11) is 0. The van der Waals surface area contributed by atoms with E-state index in [1.165, 1.54) is 0 Å². The van der Waals surface area contributed by atoms with Gasteiger partial charge in [0.25, 0.3) is 5.91 Å². The predicted molar refractivity (Wildman–Crippen MR) is 62.7 cm³/mol. The van der Waals surface area contributed by atoms with Crippen molar-refractivity contribution < 1.29 is 14.7 Å². The van der Waals surface area contributed by atoms with E-state index >= 15 is 0 Å². The first-order valence-corrected chi connectivity index (χ1v) is 5.46. The predicted octanol–water partition coefficient (Wildman–Crippen LogP) is -0.0365. The number of aromatic amines is 1. The molecule has 7 heteroatoms. The first-order chi connectivity index (χ1) is 8.58. The molecule has 0 aliphatic rings. The number of hydrogen-bond acceptors (Lipinski definition) is 4. The average molecular weight is 250 g/mol. The molecule has 1 amide bonds. The smallest absolute Gasteiger partial charge is 0.327 e. The van der Waals surface area contributed by atoms with E-state index in [2.05, 4.69) is 26.4 Å². The fraction of sp³-hybridized carbons (Fsp3) is 0.455. The highest BCUT2D eigenvalue weighted by atomic mass is 16.4. The zero-order valence-electron chi connectivity index (χ0n) is 9.93. The quantitative estimate of drug-likeness (QED) is 0.614. The highest BCUT2D eigenvalue weighted by Crippen LogP contribution is 1.98. The molecule has 0 fully saturated rings. The van der Waals surface area contributed by atoms with Crippen molar-refractivity contribution in [2.24, 2.45) is 0 Å². The summed E-state index contributed by atoms with van der Waals surface area (Å²) in [5.41, 5.74) is 0. The van der Waals surface area contributed by atoms with Crippen molar-refractivity contribution >= 4 is 11.9 Å². The van der Waals surface area contributed by atoms with Crippen LogP contribution in [-0.2, 0) is 11.2 Å². The summed E-state index contributed by atoms with van der Waals surface area (Å²) >= 11 is 0. The largest absolute Gasteiger partial charge is 0.480 e. The van der Waals surface area contributed by atoms with E-state index in [0.717, 1.165) is 6.42 Å². The molecule has 1 atom stereocenters. The van der Waals surface area contributed by atoms with Gasteiger partial charge < -0.3 is 10.4 Å². The summed E-state index contributed by atoms with van der Waals surface area (Å²) in [6.07, 6.45) is 6.47. The molecule has 1 unspecified atom stereocenters. The van der Waals surface area contributed by atoms with Gasteiger partial charge in [0.1, 0.15) is 11.9 Å². The lowest BCUT2D eigenvalue weighted by atomic mass is 10.2. The molecule has 0 saturated heterocycles. The molecule has 3 N–H and O–H groups in total. The Balaban J connectivity index is 2.68. The van der Waals surface area contributed by atoms with Gasteiger partial charge >= 0.3 is 5.97 Å². The summed E-state index contributed by atoms with van der Waals surface area (Å²) in [5.74, 6) is 0.849. The summed E-state index contributed by atoms with van der Waals surface area (Å²) in [6.45, 7) is 1.97. The van der Waals surface area contributed by atoms with Gasteiger partial charge in [-0.2, -0.15) is 0 Å². The molecule has 0 spiro atoms. The minimum atomic E-state index is -1.19. The number of nitrogens with one attached hydrogen (secondary N) is 2. The van der Waals surface area contributed by atoms with Gasteiger partial charge in [0.15, 0.2) is 0 Å². The van der Waals surface area contributed by atoms with Crippen LogP contribution in [0.3, 0.4) is 0 Å². The van der Waals surface area contributed by atoms with Crippen LogP contribution in [0.5, 0.6) is 0 Å². The fourth-order valence-electron chi connectivity index (χ4n) is 1.29. The Labute approximate surface area is 104 Å². The third-order valence-corrected chi connectivity index (χ3v) is 2.15. The number of carbonyl (C=O) groups is 2. The van der Waals surface area contributed by atoms with Crippen LogP contribution in [0.2, 0.25) is 0 Å². The van der Waals surface area contributed by atoms with Gasteiger partial charge in [-0.05, 0) is 6.42 Å². The van der Waals surface area contributed by atoms with Gasteiger partial charge in [0, 0.05) is 12.8 Å². The van der Waals surface area contributed by atoms with E-state index in [4.69, 9.17) is 11.5 Å². The number of carbonyl (C=O) groups excluding carboxylic acids is 1. The summed E-state index contributed by atoms with van der Waals surface area (Å²) in [5, 5.41) is 17.4. The molecule has 0 aliphatic heterocycles. The number of nitrogens with zero attached hydrogens (tertiary/aromatic N) is 2. The normalized spacial score (nSPS) is 11.6. The minimum Gasteiger partial charge on any atom is -0.480 e. The highest BCUT2D eigenvalue weighted by Gasteiger charge is 2.21. The first-order valence-electron chi connectivity index (χ1n) is 5.46. The molecule has 0 radical (unpaired) electrons. The molecular weight excluding hydrogens is 236 g/mol. The fourth-order valence-corrected chi connectivity index (χ4v) is 1.29. The number of H-pyrrole nitrogens is 1. The molecule has 96 valence electrons. The summed E-state index contributed by atoms with van der Waals surface area (Å²) in [4.78, 5) is 26.4. The van der Waals surface area contributed by atoms with E-state index in [1.54, 1.807) is 0 Å². The zero-order chi connectivity index (χ0) is 13.5. The number of carboxylic acids is 1. The number of amides is 1. The number of aromatic nitrogens is 3. The second kappa shape index (κ2) is 6.39. The third-order valence-electron chi connectivity index (χ3n) is 2.15. The van der Waals surface area contributed by atoms with E-state index in [0.29, 0.717) is 12.2 Å². The standard InChI is InChI=1S/C11H14N4O3/c1-3-5-7(11(17)18)12-10(16)9-13-8(6-4-2)14-15-9/h1,7H,4-6H2,2H3,(H,12,16)(H,17,18)(H,13,14,15). The SMILES string of the molecule is C#CCC(NC(=O)c1n[nH]c(CCC)n1)C(=O)O. The molecule has 1 aromatic heterocycles. The number of hydrogen-bond donors (Lipinski definition) is 3. The van der Waals surface area contributed by atoms with Gasteiger partial charge in [-0.3, -0.25) is 9.89 Å². The van der Waals surface area contributed by atoms with Gasteiger partial charge in [-0.1, -0.05) is 6.92 Å². The molecule has 0 aliphatic carbocycles. The Morgan fingerprint density at radius 1 is 1.61 bits per heavy atom. The van der Waals surface area contributed by atoms with Crippen LogP contribution in [0.25, 0.3) is 0 Å². The maximum atomic E-state index is 11.7. The molecule has 7 nitrogen and oxygen atoms in total. The zero-order valence-corrected chi connectivity index (χ0v) is 9.93. The maximum Gasteiger partial charge on any atom is 0.327 e. The van der Waals surface area contributed by atoms with Crippen molar-refractivity contribution in [2.75, 3.05) is 0 Å². The van der Waals surface area contributed by atoms with Crippen molar-refractivity contribution in [2.45, 2.75) is 32.2 Å². The summed E-state index contributed by atoms with van der Waals surface area (Å²) in [6, 6.07) is -1.13. The van der Waals surface area contributed by atoms with Crippen molar-refractivity contribution in [3.05, 3.63) is 11.6 Å². The lowest BCUT2D eigenvalue weighted by Gasteiger charge is -2.09. The van der Waals surface area contributed by atoms with Crippen LogP contribution in [0, 0.1) is 12.3 Å². The summed E-state index contributed by atoms with van der Waals surface area (Å²) < 4.78 is 0. The van der Waals surface area contributed by atoms with E-state index in [-0.39, 0.29) is 12.2 Å². The van der Waals surface area contributed by atoms with Crippen LogP contribution in [0.15, 0.2) is 0 Å². The van der Waals surface area contributed by atoms with Crippen LogP contribution in [0.4, 0.5) is 0 Å². The Morgan fingerprint density at radius 3 is 2.89 bits per heavy atom. The molecule has 0 saturated carbocycles. The molecule has 18 heavy (non-hydrogen) atoms. The molecule has 0 aromatic carbocycles. The number of carboxylic acid groups (broad SMARTS) is 1. The maximum absolute atomic E-state index is 11.7. The molecule has 1 aromatic rings. The second-order valence-electron chi connectivity index (χ2n) is 3.63. The second-order valence-corrected chi connectivity index (χ2v) is 3.63. The number of aliphatic carboxylic acids is 1. The average Bonchev–Trinajstić information content (AvgIpc) is 2.77. The lowest BCUT2D eigenvalue weighted by molar-refractivity contribution is -0.139. The number of terminal acetylenes is 1. The topological polar surface area (TPSA) is 108 Å². The van der Waals surface area contributed by atoms with Crippen molar-refractivity contribution in [1.29, 1.82) is 0 Å². The first kappa shape index (κ1) is 13.7. The Kier molecular flexibility index (Phi) is 4.87. The molecule has 1 rings (SSSR count). The van der Waals surface area contributed by atoms with Gasteiger partial charge in [0.05, 0.1) is 0 Å². The third kappa shape index (κ3) is 3.59. The van der Waals surface area contributed by atoms with Crippen LogP contribution in [-0.4, -0.2) is 38.2 Å². The van der Waals surface area contributed by atoms with E-state index < -0.39 is 17.9 Å². The van der Waals surface area contributed by atoms with Crippen LogP contribution >= 0.6 is 0 Å². The van der Waals surface area contributed by atoms with Crippen molar-refractivity contribution in [3.63, 3.8) is 0 Å². The molecule has 0 bridgehead atoms. The molecular formula is C11H14N4O3. The van der Waals surface area contributed by atoms with E-state index in [1.807, 2.05) is 6.92 Å². The van der Waals surface area contributed by atoms with E-state index in [9.17, 15) is 9.59 Å². The highest BCUT2D eigenvalue weighted by molar-refractivity contribution is 5.93. The number of rotatable bonds is 6. The molecule has 1 heterocycles. The van der Waals surface area contributed by atoms with Crippen molar-refractivity contribution in [3.8, 4) is 12.3 Å². The monoisotopic (exact) mass is 250 g/mol.